The Morgan fingerprint density at radius 3 is 2.41 bits per heavy atom. The van der Waals surface area contributed by atoms with Crippen molar-refractivity contribution in [1.29, 1.82) is 0 Å². The Kier molecular flexibility index (Phi) is 5.21. The largest absolute Gasteiger partial charge is 0.481 e. The first kappa shape index (κ1) is 16.1. The molecule has 0 fully saturated rings. The summed E-state index contributed by atoms with van der Waals surface area (Å²) in [5.41, 5.74) is 4.25. The van der Waals surface area contributed by atoms with E-state index in [1.807, 2.05) is 70.2 Å². The van der Waals surface area contributed by atoms with Gasteiger partial charge in [0, 0.05) is 5.69 Å². The molecule has 0 bridgehead atoms. The van der Waals surface area contributed by atoms with Crippen molar-refractivity contribution in [2.24, 2.45) is 0 Å². The molecule has 0 aliphatic rings. The van der Waals surface area contributed by atoms with E-state index in [4.69, 9.17) is 4.74 Å². The molecule has 1 amide bonds. The quantitative estimate of drug-likeness (QED) is 0.888. The van der Waals surface area contributed by atoms with E-state index in [1.165, 1.54) is 5.56 Å². The number of carbonyl (C=O) groups excluding carboxylic acids is 1. The predicted octanol–water partition coefficient (Wildman–Crippen LogP) is 4.41. The minimum Gasteiger partial charge on any atom is -0.481 e. The van der Waals surface area contributed by atoms with E-state index in [9.17, 15) is 4.79 Å². The molecule has 0 radical (unpaired) electrons. The first-order valence-electron chi connectivity index (χ1n) is 7.61. The second-order valence-electron chi connectivity index (χ2n) is 5.56. The van der Waals surface area contributed by atoms with Crippen LogP contribution in [0.5, 0.6) is 5.75 Å². The first-order valence-corrected chi connectivity index (χ1v) is 7.61. The Hall–Kier alpha value is -2.29. The lowest BCUT2D eigenvalue weighted by Crippen LogP contribution is -2.32. The lowest BCUT2D eigenvalue weighted by Gasteiger charge is -2.18. The molecule has 116 valence electrons. The number of ether oxygens (including phenoxy) is 1. The van der Waals surface area contributed by atoms with Crippen LogP contribution >= 0.6 is 0 Å². The number of rotatable bonds is 5. The lowest BCUT2D eigenvalue weighted by atomic mass is 10.1. The van der Waals surface area contributed by atoms with Gasteiger partial charge in [-0.2, -0.15) is 0 Å². The van der Waals surface area contributed by atoms with E-state index in [0.29, 0.717) is 12.2 Å². The van der Waals surface area contributed by atoms with Gasteiger partial charge in [0.2, 0.25) is 0 Å². The number of hydrogen-bond donors (Lipinski definition) is 1. The van der Waals surface area contributed by atoms with Gasteiger partial charge < -0.3 is 10.1 Å². The summed E-state index contributed by atoms with van der Waals surface area (Å²) in [5.74, 6) is 0.602. The highest BCUT2D eigenvalue weighted by Crippen LogP contribution is 2.20. The number of anilines is 1. The Bertz CT molecular complexity index is 647. The third-order valence-corrected chi connectivity index (χ3v) is 3.83. The van der Waals surface area contributed by atoms with Crippen molar-refractivity contribution in [2.45, 2.75) is 40.2 Å². The maximum Gasteiger partial charge on any atom is 0.265 e. The zero-order valence-electron chi connectivity index (χ0n) is 13.6. The van der Waals surface area contributed by atoms with Crippen molar-refractivity contribution in [3.8, 4) is 5.75 Å². The number of carbonyl (C=O) groups is 1. The van der Waals surface area contributed by atoms with Gasteiger partial charge in [-0.1, -0.05) is 36.8 Å². The number of hydrogen-bond acceptors (Lipinski definition) is 2. The number of aryl methyl sites for hydroxylation is 2. The lowest BCUT2D eigenvalue weighted by molar-refractivity contribution is -0.122. The second kappa shape index (κ2) is 7.12. The van der Waals surface area contributed by atoms with Crippen LogP contribution in [0.4, 0.5) is 5.69 Å². The van der Waals surface area contributed by atoms with Gasteiger partial charge in [0.1, 0.15) is 5.75 Å². The molecule has 2 rings (SSSR count). The molecule has 1 atom stereocenters. The SMILES string of the molecule is CCC(Oc1ccc(C)cc1)C(=O)Nc1cccc(C)c1C. The van der Waals surface area contributed by atoms with E-state index in [2.05, 4.69) is 5.32 Å². The second-order valence-corrected chi connectivity index (χ2v) is 5.56. The first-order chi connectivity index (χ1) is 10.5. The molecule has 0 aromatic heterocycles. The molecule has 2 aromatic rings. The molecule has 0 aliphatic heterocycles. The molecule has 1 N–H and O–H groups in total. The molecule has 0 aliphatic carbocycles. The molecule has 0 heterocycles. The average Bonchev–Trinajstić information content (AvgIpc) is 2.51. The average molecular weight is 297 g/mol. The van der Waals surface area contributed by atoms with Crippen molar-refractivity contribution in [3.63, 3.8) is 0 Å². The summed E-state index contributed by atoms with van der Waals surface area (Å²) in [4.78, 5) is 12.4. The minimum absolute atomic E-state index is 0.114. The van der Waals surface area contributed by atoms with E-state index in [-0.39, 0.29) is 5.91 Å². The van der Waals surface area contributed by atoms with E-state index < -0.39 is 6.10 Å². The summed E-state index contributed by atoms with van der Waals surface area (Å²) in [6, 6.07) is 13.6. The molecule has 0 saturated heterocycles. The van der Waals surface area contributed by atoms with Gasteiger partial charge >= 0.3 is 0 Å². The summed E-state index contributed by atoms with van der Waals surface area (Å²) in [7, 11) is 0. The molecule has 1 unspecified atom stereocenters. The van der Waals surface area contributed by atoms with Crippen molar-refractivity contribution in [1.82, 2.24) is 0 Å². The highest BCUT2D eigenvalue weighted by molar-refractivity contribution is 5.95. The molecule has 3 nitrogen and oxygen atoms in total. The van der Waals surface area contributed by atoms with E-state index >= 15 is 0 Å². The van der Waals surface area contributed by atoms with E-state index in [0.717, 1.165) is 16.8 Å². The molecule has 22 heavy (non-hydrogen) atoms. The molecular formula is C19H23NO2. The maximum atomic E-state index is 12.4. The van der Waals surface area contributed by atoms with Crippen LogP contribution in [0, 0.1) is 20.8 Å². The van der Waals surface area contributed by atoms with Gasteiger partial charge in [-0.25, -0.2) is 0 Å². The van der Waals surface area contributed by atoms with Crippen LogP contribution in [0.25, 0.3) is 0 Å². The molecule has 0 saturated carbocycles. The summed E-state index contributed by atoms with van der Waals surface area (Å²) in [5, 5.41) is 2.97. The van der Waals surface area contributed by atoms with Crippen molar-refractivity contribution in [3.05, 3.63) is 59.2 Å². The van der Waals surface area contributed by atoms with Crippen LogP contribution in [0.1, 0.15) is 30.0 Å². The summed E-state index contributed by atoms with van der Waals surface area (Å²) in [6.45, 7) is 8.01. The standard InChI is InChI=1S/C19H23NO2/c1-5-18(22-16-11-9-13(2)10-12-16)19(21)20-17-8-6-7-14(3)15(17)4/h6-12,18H,5H2,1-4H3,(H,20,21). The highest BCUT2D eigenvalue weighted by Gasteiger charge is 2.19. The summed E-state index contributed by atoms with van der Waals surface area (Å²) < 4.78 is 5.81. The Morgan fingerprint density at radius 1 is 1.09 bits per heavy atom. The highest BCUT2D eigenvalue weighted by atomic mass is 16.5. The third kappa shape index (κ3) is 3.88. The summed E-state index contributed by atoms with van der Waals surface area (Å²) in [6.07, 6.45) is 0.118. The Morgan fingerprint density at radius 2 is 1.77 bits per heavy atom. The van der Waals surface area contributed by atoms with Crippen LogP contribution in [-0.2, 0) is 4.79 Å². The van der Waals surface area contributed by atoms with Crippen molar-refractivity contribution in [2.75, 3.05) is 5.32 Å². The predicted molar refractivity (Wildman–Crippen MR) is 90.4 cm³/mol. The monoisotopic (exact) mass is 297 g/mol. The number of nitrogens with one attached hydrogen (secondary N) is 1. The van der Waals surface area contributed by atoms with Crippen molar-refractivity contribution < 1.29 is 9.53 Å². The van der Waals surface area contributed by atoms with Gasteiger partial charge in [-0.3, -0.25) is 4.79 Å². The minimum atomic E-state index is -0.498. The van der Waals surface area contributed by atoms with Gasteiger partial charge in [0.05, 0.1) is 0 Å². The van der Waals surface area contributed by atoms with Gasteiger partial charge in [0.25, 0.3) is 5.91 Å². The van der Waals surface area contributed by atoms with Crippen LogP contribution in [0.15, 0.2) is 42.5 Å². The fraction of sp³-hybridized carbons (Fsp3) is 0.316. The van der Waals surface area contributed by atoms with Gasteiger partial charge in [-0.05, 0) is 56.5 Å². The molecule has 2 aromatic carbocycles. The Balaban J connectivity index is 2.08. The number of amides is 1. The normalized spacial score (nSPS) is 11.8. The zero-order valence-corrected chi connectivity index (χ0v) is 13.6. The van der Waals surface area contributed by atoms with Crippen LogP contribution in [-0.4, -0.2) is 12.0 Å². The molecular weight excluding hydrogens is 274 g/mol. The van der Waals surface area contributed by atoms with Gasteiger partial charge in [-0.15, -0.1) is 0 Å². The third-order valence-electron chi connectivity index (χ3n) is 3.83. The smallest absolute Gasteiger partial charge is 0.265 e. The van der Waals surface area contributed by atoms with Crippen LogP contribution in [0.3, 0.4) is 0 Å². The Labute approximate surface area is 132 Å². The van der Waals surface area contributed by atoms with Crippen LogP contribution in [0.2, 0.25) is 0 Å². The molecule has 3 heteroatoms. The van der Waals surface area contributed by atoms with Crippen molar-refractivity contribution >= 4 is 11.6 Å². The zero-order chi connectivity index (χ0) is 16.1. The number of benzene rings is 2. The topological polar surface area (TPSA) is 38.3 Å². The van der Waals surface area contributed by atoms with Gasteiger partial charge in [0.15, 0.2) is 6.10 Å². The van der Waals surface area contributed by atoms with Crippen LogP contribution < -0.4 is 10.1 Å². The molecule has 0 spiro atoms. The maximum absolute atomic E-state index is 12.4. The summed E-state index contributed by atoms with van der Waals surface area (Å²) >= 11 is 0. The fourth-order valence-corrected chi connectivity index (χ4v) is 2.20. The fourth-order valence-electron chi connectivity index (χ4n) is 2.20. The van der Waals surface area contributed by atoms with E-state index in [1.54, 1.807) is 0 Å².